The van der Waals surface area contributed by atoms with E-state index < -0.39 is 12.0 Å². The summed E-state index contributed by atoms with van der Waals surface area (Å²) < 4.78 is 43.6. The average Bonchev–Trinajstić information content (AvgIpc) is 3.10. The third-order valence-corrected chi connectivity index (χ3v) is 3.21. The van der Waals surface area contributed by atoms with Crippen LogP contribution in [0.4, 0.5) is 19.0 Å². The van der Waals surface area contributed by atoms with Gasteiger partial charge in [0, 0.05) is 24.7 Å². The van der Waals surface area contributed by atoms with Gasteiger partial charge >= 0.3 is 6.18 Å². The van der Waals surface area contributed by atoms with Crippen LogP contribution in [0.3, 0.4) is 0 Å². The van der Waals surface area contributed by atoms with Crippen LogP contribution < -0.4 is 4.90 Å². The summed E-state index contributed by atoms with van der Waals surface area (Å²) in [5.74, 6) is -0.792. The molecule has 3 rings (SSSR count). The summed E-state index contributed by atoms with van der Waals surface area (Å²) in [6.45, 7) is 1.44. The average molecular weight is 283 g/mol. The molecule has 0 aliphatic carbocycles. The van der Waals surface area contributed by atoms with E-state index in [4.69, 9.17) is 4.42 Å². The third-order valence-electron chi connectivity index (χ3n) is 3.21. The van der Waals surface area contributed by atoms with E-state index in [1.54, 1.807) is 12.1 Å². The van der Waals surface area contributed by atoms with E-state index in [0.29, 0.717) is 11.4 Å². The molecule has 4 nitrogen and oxygen atoms in total. The lowest BCUT2D eigenvalue weighted by Gasteiger charge is -2.18. The van der Waals surface area contributed by atoms with Crippen LogP contribution in [-0.4, -0.2) is 23.1 Å². The van der Waals surface area contributed by atoms with Gasteiger partial charge in [0.1, 0.15) is 5.82 Å². The number of rotatable bonds is 2. The second-order valence-corrected chi connectivity index (χ2v) is 4.64. The fourth-order valence-electron chi connectivity index (χ4n) is 2.23. The Kier molecular flexibility index (Phi) is 3.11. The van der Waals surface area contributed by atoms with Crippen molar-refractivity contribution >= 4 is 5.82 Å². The predicted molar refractivity (Wildman–Crippen MR) is 66.2 cm³/mol. The van der Waals surface area contributed by atoms with E-state index in [1.165, 1.54) is 12.5 Å². The fourth-order valence-corrected chi connectivity index (χ4v) is 2.23. The van der Waals surface area contributed by atoms with Crippen LogP contribution in [0, 0.1) is 0 Å². The Balaban J connectivity index is 2.08. The van der Waals surface area contributed by atoms with Crippen LogP contribution in [0.15, 0.2) is 29.1 Å². The van der Waals surface area contributed by atoms with Gasteiger partial charge in [-0.25, -0.2) is 9.97 Å². The summed E-state index contributed by atoms with van der Waals surface area (Å²) in [5.41, 5.74) is 0.737. The van der Waals surface area contributed by atoms with Crippen LogP contribution in [0.2, 0.25) is 0 Å². The second-order valence-electron chi connectivity index (χ2n) is 4.64. The maximum atomic E-state index is 12.9. The van der Waals surface area contributed by atoms with Crippen LogP contribution >= 0.6 is 0 Å². The number of furan rings is 1. The van der Waals surface area contributed by atoms with Gasteiger partial charge in [0.2, 0.25) is 5.82 Å². The first-order valence-corrected chi connectivity index (χ1v) is 6.28. The van der Waals surface area contributed by atoms with E-state index in [2.05, 4.69) is 9.97 Å². The van der Waals surface area contributed by atoms with Gasteiger partial charge in [-0.05, 0) is 18.9 Å². The number of halogens is 3. The lowest BCUT2D eigenvalue weighted by molar-refractivity contribution is -0.144. The Morgan fingerprint density at radius 2 is 1.90 bits per heavy atom. The number of aromatic nitrogens is 2. The van der Waals surface area contributed by atoms with Crippen LogP contribution in [0.25, 0.3) is 11.3 Å². The fraction of sp³-hybridized carbons (Fsp3) is 0.385. The van der Waals surface area contributed by atoms with Crippen molar-refractivity contribution in [2.24, 2.45) is 0 Å². The second kappa shape index (κ2) is 4.81. The highest BCUT2D eigenvalue weighted by atomic mass is 19.4. The molecule has 1 saturated heterocycles. The molecule has 1 aliphatic rings. The highest BCUT2D eigenvalue weighted by molar-refractivity contribution is 5.62. The van der Waals surface area contributed by atoms with E-state index in [1.807, 2.05) is 4.90 Å². The van der Waals surface area contributed by atoms with E-state index in [0.717, 1.165) is 25.9 Å². The summed E-state index contributed by atoms with van der Waals surface area (Å²) in [4.78, 5) is 9.10. The van der Waals surface area contributed by atoms with Gasteiger partial charge in [0.05, 0.1) is 18.2 Å². The van der Waals surface area contributed by atoms with E-state index in [-0.39, 0.29) is 5.69 Å². The molecule has 0 saturated carbocycles. The number of hydrogen-bond donors (Lipinski definition) is 0. The van der Waals surface area contributed by atoms with Gasteiger partial charge in [-0.1, -0.05) is 0 Å². The summed E-state index contributed by atoms with van der Waals surface area (Å²) in [6, 6.07) is 3.15. The minimum absolute atomic E-state index is 0.225. The van der Waals surface area contributed by atoms with Gasteiger partial charge in [-0.3, -0.25) is 0 Å². The van der Waals surface area contributed by atoms with E-state index in [9.17, 15) is 13.2 Å². The quantitative estimate of drug-likeness (QED) is 0.847. The molecule has 0 bridgehead atoms. The summed E-state index contributed by atoms with van der Waals surface area (Å²) in [7, 11) is 0. The van der Waals surface area contributed by atoms with Crippen molar-refractivity contribution in [1.29, 1.82) is 0 Å². The molecular formula is C13H12F3N3O. The molecule has 2 aromatic heterocycles. The number of anilines is 1. The molecule has 20 heavy (non-hydrogen) atoms. The number of hydrogen-bond acceptors (Lipinski definition) is 4. The summed E-state index contributed by atoms with van der Waals surface area (Å²) in [6.07, 6.45) is 0.142. The molecule has 1 aliphatic heterocycles. The van der Waals surface area contributed by atoms with Crippen molar-refractivity contribution in [3.8, 4) is 11.3 Å². The Hall–Kier alpha value is -2.05. The zero-order valence-corrected chi connectivity index (χ0v) is 10.5. The monoisotopic (exact) mass is 283 g/mol. The Morgan fingerprint density at radius 1 is 1.15 bits per heavy atom. The number of nitrogens with zero attached hydrogens (tertiary/aromatic N) is 3. The SMILES string of the molecule is FC(F)(F)c1nc(-c2ccoc2)cc(N2CCCC2)n1. The van der Waals surface area contributed by atoms with Crippen LogP contribution in [-0.2, 0) is 6.18 Å². The standard InChI is InChI=1S/C13H12F3N3O/c14-13(15,16)12-17-10(9-3-6-20-8-9)7-11(18-12)19-4-1-2-5-19/h3,6-8H,1-2,4-5H2. The van der Waals surface area contributed by atoms with Crippen molar-refractivity contribution in [3.63, 3.8) is 0 Å². The Labute approximate surface area is 113 Å². The third kappa shape index (κ3) is 2.48. The number of alkyl halides is 3. The Morgan fingerprint density at radius 3 is 2.50 bits per heavy atom. The minimum Gasteiger partial charge on any atom is -0.472 e. The smallest absolute Gasteiger partial charge is 0.451 e. The highest BCUT2D eigenvalue weighted by Crippen LogP contribution is 2.31. The molecule has 1 fully saturated rings. The first kappa shape index (κ1) is 13.0. The molecular weight excluding hydrogens is 271 g/mol. The zero-order valence-electron chi connectivity index (χ0n) is 10.5. The molecule has 106 valence electrons. The van der Waals surface area contributed by atoms with Crippen molar-refractivity contribution in [2.75, 3.05) is 18.0 Å². The van der Waals surface area contributed by atoms with Crippen LogP contribution in [0.1, 0.15) is 18.7 Å². The van der Waals surface area contributed by atoms with Crippen LogP contribution in [0.5, 0.6) is 0 Å². The largest absolute Gasteiger partial charge is 0.472 e. The molecule has 0 atom stereocenters. The molecule has 0 unspecified atom stereocenters. The van der Waals surface area contributed by atoms with Crippen molar-refractivity contribution in [2.45, 2.75) is 19.0 Å². The zero-order chi connectivity index (χ0) is 14.2. The molecule has 7 heteroatoms. The summed E-state index contributed by atoms with van der Waals surface area (Å²) >= 11 is 0. The molecule has 3 heterocycles. The molecule has 2 aromatic rings. The first-order valence-electron chi connectivity index (χ1n) is 6.28. The summed E-state index contributed by atoms with van der Waals surface area (Å²) in [5, 5.41) is 0. The molecule has 0 aromatic carbocycles. The van der Waals surface area contributed by atoms with Crippen molar-refractivity contribution in [1.82, 2.24) is 9.97 Å². The minimum atomic E-state index is -4.56. The van der Waals surface area contributed by atoms with E-state index >= 15 is 0 Å². The van der Waals surface area contributed by atoms with Gasteiger partial charge in [0.25, 0.3) is 0 Å². The maximum absolute atomic E-state index is 12.9. The van der Waals surface area contributed by atoms with Crippen molar-refractivity contribution in [3.05, 3.63) is 30.5 Å². The topological polar surface area (TPSA) is 42.2 Å². The molecule has 0 N–H and O–H groups in total. The van der Waals surface area contributed by atoms with Crippen molar-refractivity contribution < 1.29 is 17.6 Å². The Bertz CT molecular complexity index is 589. The molecule has 0 amide bonds. The molecule has 0 radical (unpaired) electrons. The highest BCUT2D eigenvalue weighted by Gasteiger charge is 2.36. The normalized spacial score (nSPS) is 15.8. The lowest BCUT2D eigenvalue weighted by Crippen LogP contribution is -2.22. The van der Waals surface area contributed by atoms with Gasteiger partial charge in [-0.2, -0.15) is 13.2 Å². The maximum Gasteiger partial charge on any atom is 0.451 e. The van der Waals surface area contributed by atoms with Gasteiger partial charge in [-0.15, -0.1) is 0 Å². The molecule has 0 spiro atoms. The lowest BCUT2D eigenvalue weighted by atomic mass is 10.2. The first-order chi connectivity index (χ1) is 9.54. The predicted octanol–water partition coefficient (Wildman–Crippen LogP) is 3.36. The van der Waals surface area contributed by atoms with Gasteiger partial charge in [0.15, 0.2) is 0 Å². The van der Waals surface area contributed by atoms with Gasteiger partial charge < -0.3 is 9.32 Å².